The molecule has 33 heavy (non-hydrogen) atoms. The molecule has 190 valence electrons. The Morgan fingerprint density at radius 3 is 1.70 bits per heavy atom. The summed E-state index contributed by atoms with van der Waals surface area (Å²) in [6.45, 7) is 13.3. The van der Waals surface area contributed by atoms with Gasteiger partial charge in [0.15, 0.2) is 0 Å². The third-order valence-corrected chi connectivity index (χ3v) is 26.2. The summed E-state index contributed by atoms with van der Waals surface area (Å²) in [5, 5.41) is -0.312. The van der Waals surface area contributed by atoms with Crippen molar-refractivity contribution in [3.63, 3.8) is 0 Å². The van der Waals surface area contributed by atoms with Gasteiger partial charge in [-0.25, -0.2) is 0 Å². The van der Waals surface area contributed by atoms with Crippen LogP contribution in [0.1, 0.15) is 111 Å². The molecule has 2 nitrogen and oxygen atoms in total. The van der Waals surface area contributed by atoms with Crippen molar-refractivity contribution in [3.05, 3.63) is 39.5 Å². The zero-order valence-electron chi connectivity index (χ0n) is 22.6. The van der Waals surface area contributed by atoms with Gasteiger partial charge in [0.25, 0.3) is 0 Å². The first kappa shape index (κ1) is 30.7. The van der Waals surface area contributed by atoms with Gasteiger partial charge in [-0.2, -0.15) is 0 Å². The molecule has 0 aliphatic carbocycles. The zero-order chi connectivity index (χ0) is 24.7. The summed E-state index contributed by atoms with van der Waals surface area (Å²) in [6.07, 6.45) is 14.8. The monoisotopic (exact) mass is 584 g/mol. The second kappa shape index (κ2) is 16.4. The fourth-order valence-electron chi connectivity index (χ4n) is 5.10. The molecule has 0 radical (unpaired) electrons. The molecule has 1 atom stereocenters. The van der Waals surface area contributed by atoms with Gasteiger partial charge in [-0.15, -0.1) is 0 Å². The van der Waals surface area contributed by atoms with Gasteiger partial charge >= 0.3 is 212 Å². The molecular formula is C29H52O2SSn. The molecule has 1 aromatic carbocycles. The number of sulfone groups is 1. The van der Waals surface area contributed by atoms with Gasteiger partial charge in [0.1, 0.15) is 0 Å². The standard InChI is InChI=1S/C17H25O2S.3C4H9.Sn/c1-4-6-8-10-16(9-7-5-2)20(18,19)17-13-11-15(3)12-14-17;3*1-3-4-2;/h8,11-14,16H,4-7,9H2,1-3H3;3*1,3-4H2,2H3;. The van der Waals surface area contributed by atoms with E-state index in [1.54, 1.807) is 0 Å². The van der Waals surface area contributed by atoms with Crippen molar-refractivity contribution in [1.29, 1.82) is 0 Å². The zero-order valence-corrected chi connectivity index (χ0v) is 26.3. The number of unbranched alkanes of at least 4 members (excludes halogenated alkanes) is 5. The Morgan fingerprint density at radius 1 is 0.788 bits per heavy atom. The van der Waals surface area contributed by atoms with E-state index in [1.807, 2.05) is 31.2 Å². The van der Waals surface area contributed by atoms with Crippen molar-refractivity contribution in [2.75, 3.05) is 0 Å². The van der Waals surface area contributed by atoms with E-state index in [0.717, 1.165) is 37.7 Å². The van der Waals surface area contributed by atoms with Crippen LogP contribution < -0.4 is 0 Å². The molecule has 0 heterocycles. The minimum atomic E-state index is -3.39. The van der Waals surface area contributed by atoms with Crippen molar-refractivity contribution < 1.29 is 8.42 Å². The van der Waals surface area contributed by atoms with E-state index in [1.165, 1.54) is 55.4 Å². The molecule has 0 saturated carbocycles. The van der Waals surface area contributed by atoms with Gasteiger partial charge in [-0.05, 0) is 0 Å². The average molecular weight is 584 g/mol. The van der Waals surface area contributed by atoms with Crippen molar-refractivity contribution in [2.24, 2.45) is 0 Å². The van der Waals surface area contributed by atoms with Crippen molar-refractivity contribution in [3.8, 4) is 0 Å². The molecular weight excluding hydrogens is 531 g/mol. The Kier molecular flexibility index (Phi) is 15.3. The average Bonchev–Trinajstić information content (AvgIpc) is 2.81. The van der Waals surface area contributed by atoms with Gasteiger partial charge in [0.2, 0.25) is 0 Å². The van der Waals surface area contributed by atoms with Gasteiger partial charge < -0.3 is 0 Å². The number of hydrogen-bond donors (Lipinski definition) is 0. The fourth-order valence-corrected chi connectivity index (χ4v) is 27.3. The minimum absolute atomic E-state index is 0.312. The van der Waals surface area contributed by atoms with Crippen molar-refractivity contribution in [2.45, 2.75) is 136 Å². The Bertz CT molecular complexity index is 759. The van der Waals surface area contributed by atoms with E-state index in [4.69, 9.17) is 0 Å². The number of hydrogen-bond acceptors (Lipinski definition) is 2. The van der Waals surface area contributed by atoms with Gasteiger partial charge in [-0.3, -0.25) is 0 Å². The van der Waals surface area contributed by atoms with E-state index in [-0.39, 0.29) is 5.25 Å². The molecule has 1 unspecified atom stereocenters. The molecule has 0 saturated heterocycles. The second-order valence-electron chi connectivity index (χ2n) is 10.0. The Hall–Kier alpha value is -0.291. The molecule has 0 aromatic heterocycles. The summed E-state index contributed by atoms with van der Waals surface area (Å²) < 4.78 is 33.9. The van der Waals surface area contributed by atoms with Crippen molar-refractivity contribution >= 4 is 28.2 Å². The maximum absolute atomic E-state index is 14.2. The molecule has 0 spiro atoms. The Morgan fingerprint density at radius 2 is 1.27 bits per heavy atom. The summed E-state index contributed by atoms with van der Waals surface area (Å²) in [5.41, 5.74) is 1.11. The predicted molar refractivity (Wildman–Crippen MR) is 150 cm³/mol. The van der Waals surface area contributed by atoms with Crippen LogP contribution in [0.2, 0.25) is 13.3 Å². The van der Waals surface area contributed by atoms with Gasteiger partial charge in [-0.1, -0.05) is 0 Å². The van der Waals surface area contributed by atoms with Gasteiger partial charge in [0, 0.05) is 0 Å². The molecule has 0 fully saturated rings. The van der Waals surface area contributed by atoms with E-state index in [9.17, 15) is 8.42 Å². The first-order valence-corrected chi connectivity index (χ1v) is 22.9. The summed E-state index contributed by atoms with van der Waals surface area (Å²) in [4.78, 5) is 0.526. The third-order valence-electron chi connectivity index (χ3n) is 7.18. The third kappa shape index (κ3) is 9.35. The van der Waals surface area contributed by atoms with Crippen LogP contribution in [-0.2, 0) is 9.84 Å². The van der Waals surface area contributed by atoms with Crippen LogP contribution >= 0.6 is 0 Å². The van der Waals surface area contributed by atoms with Crippen LogP contribution in [0.3, 0.4) is 0 Å². The normalized spacial score (nSPS) is 13.9. The van der Waals surface area contributed by atoms with Crippen LogP contribution in [0.4, 0.5) is 0 Å². The molecule has 0 bridgehead atoms. The van der Waals surface area contributed by atoms with E-state index in [2.05, 4.69) is 40.7 Å². The summed E-state index contributed by atoms with van der Waals surface area (Å²) >= 11 is -2.89. The summed E-state index contributed by atoms with van der Waals surface area (Å²) in [5.74, 6) is 0. The van der Waals surface area contributed by atoms with Crippen LogP contribution in [-0.4, -0.2) is 32.0 Å². The maximum atomic E-state index is 14.2. The molecule has 1 rings (SSSR count). The van der Waals surface area contributed by atoms with Crippen LogP contribution in [0.25, 0.3) is 0 Å². The summed E-state index contributed by atoms with van der Waals surface area (Å²) in [6, 6.07) is 7.62. The quantitative estimate of drug-likeness (QED) is 0.161. The van der Waals surface area contributed by atoms with Crippen LogP contribution in [0.5, 0.6) is 0 Å². The Labute approximate surface area is 210 Å². The first-order chi connectivity index (χ1) is 15.8. The molecule has 1 aromatic rings. The number of benzene rings is 1. The van der Waals surface area contributed by atoms with E-state index < -0.39 is 28.2 Å². The summed E-state index contributed by atoms with van der Waals surface area (Å²) in [7, 11) is -3.39. The van der Waals surface area contributed by atoms with Crippen molar-refractivity contribution in [1.82, 2.24) is 0 Å². The molecule has 0 amide bonds. The van der Waals surface area contributed by atoms with Crippen LogP contribution in [0, 0.1) is 6.92 Å². The molecule has 0 aliphatic heterocycles. The van der Waals surface area contributed by atoms with Crippen LogP contribution in [0.15, 0.2) is 38.8 Å². The predicted octanol–water partition coefficient (Wildman–Crippen LogP) is 9.44. The molecule has 0 N–H and O–H groups in total. The topological polar surface area (TPSA) is 34.1 Å². The first-order valence-electron chi connectivity index (χ1n) is 13.8. The fraction of sp³-hybridized carbons (Fsp3) is 0.724. The number of aryl methyl sites for hydroxylation is 1. The molecule has 0 aliphatic rings. The van der Waals surface area contributed by atoms with E-state index >= 15 is 0 Å². The van der Waals surface area contributed by atoms with Gasteiger partial charge in [0.05, 0.1) is 0 Å². The number of allylic oxidation sites excluding steroid dienone is 1. The second-order valence-corrected chi connectivity index (χ2v) is 25.4. The van der Waals surface area contributed by atoms with E-state index in [0.29, 0.717) is 4.90 Å². The number of rotatable bonds is 18. The molecule has 4 heteroatoms. The Balaban J connectivity index is 3.71. The SMILES string of the molecule is CCC/C=[C](\C(CCCC)S(=O)(=O)c1ccc(C)cc1)[Sn]([CH2]CCC)([CH2]CCC)[CH2]CCC.